The predicted octanol–water partition coefficient (Wildman–Crippen LogP) is 4.66. The zero-order valence-corrected chi connectivity index (χ0v) is 12.9. The van der Waals surface area contributed by atoms with Crippen LogP contribution in [0.25, 0.3) is 6.08 Å². The molecule has 102 valence electrons. The first-order chi connectivity index (χ1) is 9.67. The van der Waals surface area contributed by atoms with Gasteiger partial charge in [-0.15, -0.1) is 0 Å². The molecule has 3 heteroatoms. The molecule has 1 amide bonds. The van der Waals surface area contributed by atoms with Gasteiger partial charge in [-0.2, -0.15) is 0 Å². The van der Waals surface area contributed by atoms with Gasteiger partial charge in [-0.3, -0.25) is 4.79 Å². The summed E-state index contributed by atoms with van der Waals surface area (Å²) in [4.78, 5) is 11.8. The van der Waals surface area contributed by atoms with Crippen LogP contribution >= 0.6 is 15.9 Å². The molecule has 0 aliphatic heterocycles. The molecule has 0 fully saturated rings. The van der Waals surface area contributed by atoms with E-state index in [1.165, 1.54) is 11.6 Å². The van der Waals surface area contributed by atoms with Crippen LogP contribution in [0.1, 0.15) is 18.1 Å². The van der Waals surface area contributed by atoms with Gasteiger partial charge >= 0.3 is 0 Å². The maximum Gasteiger partial charge on any atom is 0.248 e. The number of rotatable bonds is 4. The number of carbonyl (C=O) groups is 1. The summed E-state index contributed by atoms with van der Waals surface area (Å²) in [6.07, 6.45) is 4.33. The van der Waals surface area contributed by atoms with Crippen molar-refractivity contribution in [2.24, 2.45) is 0 Å². The number of amides is 1. The van der Waals surface area contributed by atoms with Gasteiger partial charge in [-0.1, -0.05) is 47.1 Å². The molecule has 20 heavy (non-hydrogen) atoms. The molecular weight excluding hydrogens is 314 g/mol. The van der Waals surface area contributed by atoms with Gasteiger partial charge in [0.05, 0.1) is 0 Å². The van der Waals surface area contributed by atoms with Crippen molar-refractivity contribution in [3.05, 3.63) is 70.2 Å². The largest absolute Gasteiger partial charge is 0.323 e. The molecule has 1 N–H and O–H groups in total. The van der Waals surface area contributed by atoms with E-state index in [0.717, 1.165) is 22.1 Å². The first-order valence-electron chi connectivity index (χ1n) is 6.51. The van der Waals surface area contributed by atoms with Crippen LogP contribution in [-0.2, 0) is 11.2 Å². The molecule has 2 aromatic rings. The summed E-state index contributed by atoms with van der Waals surface area (Å²) in [5.74, 6) is -0.128. The number of benzene rings is 2. The molecule has 0 heterocycles. The Kier molecular flexibility index (Phi) is 5.13. The summed E-state index contributed by atoms with van der Waals surface area (Å²) in [5.41, 5.74) is 3.06. The summed E-state index contributed by atoms with van der Waals surface area (Å²) < 4.78 is 1.02. The topological polar surface area (TPSA) is 29.1 Å². The van der Waals surface area contributed by atoms with Crippen molar-refractivity contribution < 1.29 is 4.79 Å². The summed E-state index contributed by atoms with van der Waals surface area (Å²) in [7, 11) is 0. The van der Waals surface area contributed by atoms with Crippen molar-refractivity contribution >= 4 is 33.6 Å². The van der Waals surface area contributed by atoms with Crippen LogP contribution in [0.5, 0.6) is 0 Å². The van der Waals surface area contributed by atoms with E-state index in [9.17, 15) is 4.79 Å². The van der Waals surface area contributed by atoms with Crippen LogP contribution in [0.3, 0.4) is 0 Å². The molecule has 0 aromatic heterocycles. The van der Waals surface area contributed by atoms with Crippen molar-refractivity contribution in [1.29, 1.82) is 0 Å². The second kappa shape index (κ2) is 7.06. The number of halogens is 1. The maximum absolute atomic E-state index is 11.8. The normalized spacial score (nSPS) is 10.7. The fraction of sp³-hybridized carbons (Fsp3) is 0.118. The molecular formula is C17H16BrNO. The lowest BCUT2D eigenvalue weighted by Gasteiger charge is -2.03. The molecule has 2 aromatic carbocycles. The zero-order chi connectivity index (χ0) is 14.4. The van der Waals surface area contributed by atoms with E-state index in [2.05, 4.69) is 28.2 Å². The third-order valence-corrected chi connectivity index (χ3v) is 3.46. The third-order valence-electron chi connectivity index (χ3n) is 2.93. The molecule has 0 radical (unpaired) electrons. The number of carbonyl (C=O) groups excluding carboxylic acids is 1. The van der Waals surface area contributed by atoms with E-state index in [0.29, 0.717) is 0 Å². The molecule has 0 atom stereocenters. The fourth-order valence-corrected chi connectivity index (χ4v) is 2.02. The SMILES string of the molecule is CCc1ccc(NC(=O)/C=C/c2ccc(Br)cc2)cc1. The van der Waals surface area contributed by atoms with E-state index < -0.39 is 0 Å². The second-order valence-corrected chi connectivity index (χ2v) is 5.34. The van der Waals surface area contributed by atoms with Crippen LogP contribution in [0.15, 0.2) is 59.1 Å². The Morgan fingerprint density at radius 2 is 1.75 bits per heavy atom. The first-order valence-corrected chi connectivity index (χ1v) is 7.30. The lowest BCUT2D eigenvalue weighted by molar-refractivity contribution is -0.111. The smallest absolute Gasteiger partial charge is 0.248 e. The van der Waals surface area contributed by atoms with Gasteiger partial charge in [0.1, 0.15) is 0 Å². The Morgan fingerprint density at radius 1 is 1.10 bits per heavy atom. The molecule has 0 bridgehead atoms. The summed E-state index contributed by atoms with van der Waals surface area (Å²) >= 11 is 3.38. The number of aryl methyl sites for hydroxylation is 1. The van der Waals surface area contributed by atoms with Crippen LogP contribution in [-0.4, -0.2) is 5.91 Å². The van der Waals surface area contributed by atoms with Crippen LogP contribution in [0, 0.1) is 0 Å². The minimum absolute atomic E-state index is 0.128. The van der Waals surface area contributed by atoms with Gasteiger partial charge in [0.25, 0.3) is 0 Å². The Hall–Kier alpha value is -1.87. The monoisotopic (exact) mass is 329 g/mol. The van der Waals surface area contributed by atoms with Crippen molar-refractivity contribution in [2.45, 2.75) is 13.3 Å². The van der Waals surface area contributed by atoms with Crippen molar-refractivity contribution in [3.8, 4) is 0 Å². The highest BCUT2D eigenvalue weighted by Crippen LogP contribution is 2.12. The Bertz CT molecular complexity index is 600. The molecule has 2 nitrogen and oxygen atoms in total. The fourth-order valence-electron chi connectivity index (χ4n) is 1.75. The average molecular weight is 330 g/mol. The minimum atomic E-state index is -0.128. The highest BCUT2D eigenvalue weighted by molar-refractivity contribution is 9.10. The molecule has 0 unspecified atom stereocenters. The third kappa shape index (κ3) is 4.35. The van der Waals surface area contributed by atoms with E-state index in [-0.39, 0.29) is 5.91 Å². The van der Waals surface area contributed by atoms with Gasteiger partial charge in [0.15, 0.2) is 0 Å². The first kappa shape index (κ1) is 14.5. The number of nitrogens with one attached hydrogen (secondary N) is 1. The molecule has 0 saturated heterocycles. The highest BCUT2D eigenvalue weighted by atomic mass is 79.9. The quantitative estimate of drug-likeness (QED) is 0.812. The van der Waals surface area contributed by atoms with Gasteiger partial charge < -0.3 is 5.32 Å². The van der Waals surface area contributed by atoms with Crippen molar-refractivity contribution in [2.75, 3.05) is 5.32 Å². The summed E-state index contributed by atoms with van der Waals surface area (Å²) in [5, 5.41) is 2.84. The van der Waals surface area contributed by atoms with Gasteiger partial charge in [0, 0.05) is 16.2 Å². The number of hydrogen-bond acceptors (Lipinski definition) is 1. The Balaban J connectivity index is 1.96. The molecule has 0 aliphatic rings. The van der Waals surface area contributed by atoms with E-state index in [4.69, 9.17) is 0 Å². The molecule has 0 saturated carbocycles. The second-order valence-electron chi connectivity index (χ2n) is 4.42. The summed E-state index contributed by atoms with van der Waals surface area (Å²) in [6, 6.07) is 15.7. The molecule has 2 rings (SSSR count). The Morgan fingerprint density at radius 3 is 2.35 bits per heavy atom. The average Bonchev–Trinajstić information content (AvgIpc) is 2.47. The minimum Gasteiger partial charge on any atom is -0.323 e. The summed E-state index contributed by atoms with van der Waals surface area (Å²) in [6.45, 7) is 2.11. The van der Waals surface area contributed by atoms with Crippen LogP contribution in [0.4, 0.5) is 5.69 Å². The van der Waals surface area contributed by atoms with Crippen LogP contribution < -0.4 is 5.32 Å². The lowest BCUT2D eigenvalue weighted by atomic mass is 10.1. The number of hydrogen-bond donors (Lipinski definition) is 1. The lowest BCUT2D eigenvalue weighted by Crippen LogP contribution is -2.07. The van der Waals surface area contributed by atoms with E-state index in [1.54, 1.807) is 6.08 Å². The van der Waals surface area contributed by atoms with E-state index >= 15 is 0 Å². The van der Waals surface area contributed by atoms with Gasteiger partial charge in [-0.25, -0.2) is 0 Å². The number of anilines is 1. The molecule has 0 aliphatic carbocycles. The van der Waals surface area contributed by atoms with Crippen molar-refractivity contribution in [3.63, 3.8) is 0 Å². The predicted molar refractivity (Wildman–Crippen MR) is 87.6 cm³/mol. The van der Waals surface area contributed by atoms with E-state index in [1.807, 2.05) is 48.5 Å². The Labute approximate surface area is 127 Å². The zero-order valence-electron chi connectivity index (χ0n) is 11.3. The maximum atomic E-state index is 11.8. The molecule has 0 spiro atoms. The standard InChI is InChI=1S/C17H16BrNO/c1-2-13-5-10-16(11-6-13)19-17(20)12-7-14-3-8-15(18)9-4-14/h3-12H,2H2,1H3,(H,19,20)/b12-7+. The van der Waals surface area contributed by atoms with Gasteiger partial charge in [0.2, 0.25) is 5.91 Å². The van der Waals surface area contributed by atoms with Gasteiger partial charge in [-0.05, 0) is 47.9 Å². The van der Waals surface area contributed by atoms with Crippen LogP contribution in [0.2, 0.25) is 0 Å². The van der Waals surface area contributed by atoms with Crippen molar-refractivity contribution in [1.82, 2.24) is 0 Å². The highest BCUT2D eigenvalue weighted by Gasteiger charge is 1.98.